The number of ether oxygens (including phenoxy) is 1. The molecule has 3 atom stereocenters. The zero-order valence-electron chi connectivity index (χ0n) is 10.4. The molecule has 0 spiro atoms. The first-order valence-electron chi connectivity index (χ1n) is 5.83. The van der Waals surface area contributed by atoms with Crippen molar-refractivity contribution in [2.24, 2.45) is 5.73 Å². The molecule has 5 heteroatoms. The van der Waals surface area contributed by atoms with Crippen molar-refractivity contribution in [3.63, 3.8) is 0 Å². The molecule has 1 heterocycles. The molecule has 1 aliphatic heterocycles. The third-order valence-electron chi connectivity index (χ3n) is 2.91. The van der Waals surface area contributed by atoms with Gasteiger partial charge in [0.1, 0.15) is 0 Å². The van der Waals surface area contributed by atoms with E-state index in [1.54, 1.807) is 0 Å². The van der Waals surface area contributed by atoms with Crippen molar-refractivity contribution >= 4 is 5.91 Å². The van der Waals surface area contributed by atoms with Crippen LogP contribution in [0.15, 0.2) is 0 Å². The van der Waals surface area contributed by atoms with Crippen LogP contribution < -0.4 is 11.1 Å². The van der Waals surface area contributed by atoms with Crippen molar-refractivity contribution in [1.82, 2.24) is 10.2 Å². The van der Waals surface area contributed by atoms with Gasteiger partial charge >= 0.3 is 0 Å². The van der Waals surface area contributed by atoms with Crippen molar-refractivity contribution in [3.05, 3.63) is 0 Å². The number of nitrogens with zero attached hydrogens (tertiary/aromatic N) is 1. The highest BCUT2D eigenvalue weighted by atomic mass is 16.5. The van der Waals surface area contributed by atoms with Crippen LogP contribution in [0.1, 0.15) is 20.3 Å². The van der Waals surface area contributed by atoms with E-state index in [9.17, 15) is 4.79 Å². The van der Waals surface area contributed by atoms with Crippen molar-refractivity contribution in [2.75, 3.05) is 26.7 Å². The number of hydrogen-bond donors (Lipinski definition) is 2. The molecule has 1 fully saturated rings. The van der Waals surface area contributed by atoms with E-state index in [0.29, 0.717) is 6.42 Å². The molecule has 3 unspecified atom stereocenters. The number of primary amides is 1. The average molecular weight is 229 g/mol. The highest BCUT2D eigenvalue weighted by Crippen LogP contribution is 2.08. The number of nitrogens with two attached hydrogens (primary N) is 1. The number of amides is 1. The van der Waals surface area contributed by atoms with Crippen LogP contribution in [0.3, 0.4) is 0 Å². The normalized spacial score (nSPS) is 26.3. The molecule has 1 amide bonds. The third kappa shape index (κ3) is 4.47. The summed E-state index contributed by atoms with van der Waals surface area (Å²) < 4.78 is 5.70. The second-order valence-electron chi connectivity index (χ2n) is 4.70. The van der Waals surface area contributed by atoms with Crippen LogP contribution >= 0.6 is 0 Å². The maximum atomic E-state index is 10.8. The standard InChI is InChI=1S/C11H23N3O2/c1-8(6-11(12)15)13-9(2)10-7-14(3)4-5-16-10/h8-10,13H,4-7H2,1-3H3,(H2,12,15). The summed E-state index contributed by atoms with van der Waals surface area (Å²) in [5.41, 5.74) is 5.15. The highest BCUT2D eigenvalue weighted by molar-refractivity contribution is 5.74. The number of nitrogens with one attached hydrogen (secondary N) is 1. The second-order valence-corrected chi connectivity index (χ2v) is 4.70. The first-order valence-corrected chi connectivity index (χ1v) is 5.83. The Morgan fingerprint density at radius 3 is 2.88 bits per heavy atom. The topological polar surface area (TPSA) is 67.6 Å². The van der Waals surface area contributed by atoms with Gasteiger partial charge in [0.05, 0.1) is 12.7 Å². The van der Waals surface area contributed by atoms with Crippen molar-refractivity contribution < 1.29 is 9.53 Å². The summed E-state index contributed by atoms with van der Waals surface area (Å²) in [6, 6.07) is 0.334. The van der Waals surface area contributed by atoms with Gasteiger partial charge in [-0.2, -0.15) is 0 Å². The van der Waals surface area contributed by atoms with Crippen LogP contribution in [0, 0.1) is 0 Å². The molecule has 0 aromatic rings. The predicted molar refractivity (Wildman–Crippen MR) is 63.1 cm³/mol. The monoisotopic (exact) mass is 229 g/mol. The fourth-order valence-corrected chi connectivity index (χ4v) is 2.03. The average Bonchev–Trinajstić information content (AvgIpc) is 2.16. The quantitative estimate of drug-likeness (QED) is 0.670. The van der Waals surface area contributed by atoms with Gasteiger partial charge in [-0.3, -0.25) is 4.79 Å². The number of carbonyl (C=O) groups excluding carboxylic acids is 1. The van der Waals surface area contributed by atoms with Crippen molar-refractivity contribution in [3.8, 4) is 0 Å². The molecule has 3 N–H and O–H groups in total. The van der Waals surface area contributed by atoms with Crippen LogP contribution in [0.5, 0.6) is 0 Å². The predicted octanol–water partition coefficient (Wildman–Crippen LogP) is -0.441. The lowest BCUT2D eigenvalue weighted by Gasteiger charge is -2.35. The smallest absolute Gasteiger partial charge is 0.218 e. The van der Waals surface area contributed by atoms with Gasteiger partial charge in [-0.15, -0.1) is 0 Å². The largest absolute Gasteiger partial charge is 0.374 e. The summed E-state index contributed by atoms with van der Waals surface area (Å²) in [5, 5.41) is 3.35. The molecule has 0 aliphatic carbocycles. The molecule has 1 rings (SSSR count). The lowest BCUT2D eigenvalue weighted by molar-refractivity contribution is -0.118. The lowest BCUT2D eigenvalue weighted by atomic mass is 10.1. The number of morpholine rings is 1. The van der Waals surface area contributed by atoms with Gasteiger partial charge in [-0.1, -0.05) is 0 Å². The Hall–Kier alpha value is -0.650. The molecule has 0 aromatic heterocycles. The van der Waals surface area contributed by atoms with Crippen LogP contribution in [0.4, 0.5) is 0 Å². The first-order chi connectivity index (χ1) is 7.49. The first kappa shape index (κ1) is 13.4. The van der Waals surface area contributed by atoms with Gasteiger partial charge in [0, 0.05) is 31.6 Å². The van der Waals surface area contributed by atoms with E-state index >= 15 is 0 Å². The maximum Gasteiger partial charge on any atom is 0.218 e. The van der Waals surface area contributed by atoms with Gasteiger partial charge in [0.15, 0.2) is 0 Å². The van der Waals surface area contributed by atoms with Gasteiger partial charge in [0.25, 0.3) is 0 Å². The molecule has 0 saturated carbocycles. The van der Waals surface area contributed by atoms with E-state index in [2.05, 4.69) is 24.2 Å². The molecule has 1 aliphatic rings. The highest BCUT2D eigenvalue weighted by Gasteiger charge is 2.24. The number of rotatable bonds is 5. The lowest BCUT2D eigenvalue weighted by Crippen LogP contribution is -2.52. The van der Waals surface area contributed by atoms with Crippen LogP contribution in [0.25, 0.3) is 0 Å². The Morgan fingerprint density at radius 1 is 1.62 bits per heavy atom. The van der Waals surface area contributed by atoms with E-state index in [4.69, 9.17) is 10.5 Å². The summed E-state index contributed by atoms with van der Waals surface area (Å²) >= 11 is 0. The molecular formula is C11H23N3O2. The van der Waals surface area contributed by atoms with Gasteiger partial charge in [-0.05, 0) is 20.9 Å². The van der Waals surface area contributed by atoms with E-state index in [0.717, 1.165) is 19.7 Å². The fourth-order valence-electron chi connectivity index (χ4n) is 2.03. The zero-order chi connectivity index (χ0) is 12.1. The second kappa shape index (κ2) is 6.18. The Morgan fingerprint density at radius 2 is 2.31 bits per heavy atom. The summed E-state index contributed by atoms with van der Waals surface area (Å²) in [7, 11) is 2.09. The van der Waals surface area contributed by atoms with E-state index in [-0.39, 0.29) is 24.1 Å². The SMILES string of the molecule is CC(CC(N)=O)NC(C)C1CN(C)CCO1. The summed E-state index contributed by atoms with van der Waals surface area (Å²) in [6.07, 6.45) is 0.557. The van der Waals surface area contributed by atoms with Crippen molar-refractivity contribution in [1.29, 1.82) is 0 Å². The molecule has 94 valence electrons. The minimum atomic E-state index is -0.270. The van der Waals surface area contributed by atoms with Crippen molar-refractivity contribution in [2.45, 2.75) is 38.5 Å². The van der Waals surface area contributed by atoms with E-state index in [1.807, 2.05) is 6.92 Å². The molecule has 0 bridgehead atoms. The van der Waals surface area contributed by atoms with Crippen LogP contribution in [0.2, 0.25) is 0 Å². The maximum absolute atomic E-state index is 10.8. The minimum absolute atomic E-state index is 0.100. The Bertz CT molecular complexity index is 235. The van der Waals surface area contributed by atoms with Gasteiger partial charge in [0.2, 0.25) is 5.91 Å². The molecule has 5 nitrogen and oxygen atoms in total. The number of likely N-dealkylation sites (N-methyl/N-ethyl adjacent to an activating group) is 1. The fraction of sp³-hybridized carbons (Fsp3) is 0.909. The minimum Gasteiger partial charge on any atom is -0.374 e. The zero-order valence-corrected chi connectivity index (χ0v) is 10.4. The summed E-state index contributed by atoms with van der Waals surface area (Å²) in [4.78, 5) is 13.0. The van der Waals surface area contributed by atoms with Crippen LogP contribution in [-0.4, -0.2) is 55.7 Å². The van der Waals surface area contributed by atoms with Crippen LogP contribution in [-0.2, 0) is 9.53 Å². The van der Waals surface area contributed by atoms with Gasteiger partial charge in [-0.25, -0.2) is 0 Å². The molecule has 16 heavy (non-hydrogen) atoms. The summed E-state index contributed by atoms with van der Waals surface area (Å²) in [6.45, 7) is 6.74. The van der Waals surface area contributed by atoms with Gasteiger partial charge < -0.3 is 20.7 Å². The molecule has 0 aromatic carbocycles. The Kier molecular flexibility index (Phi) is 5.18. The van der Waals surface area contributed by atoms with E-state index in [1.165, 1.54) is 0 Å². The number of hydrogen-bond acceptors (Lipinski definition) is 4. The Balaban J connectivity index is 2.32. The summed E-state index contributed by atoms with van der Waals surface area (Å²) in [5.74, 6) is -0.270. The molecule has 0 radical (unpaired) electrons. The molecule has 1 saturated heterocycles. The van der Waals surface area contributed by atoms with E-state index < -0.39 is 0 Å². The Labute approximate surface area is 97.3 Å². The third-order valence-corrected chi connectivity index (χ3v) is 2.91. The number of carbonyl (C=O) groups is 1. The molecular weight excluding hydrogens is 206 g/mol.